The van der Waals surface area contributed by atoms with Crippen LogP contribution in [-0.4, -0.2) is 35.8 Å². The van der Waals surface area contributed by atoms with Crippen molar-refractivity contribution in [1.82, 2.24) is 19.8 Å². The highest BCUT2D eigenvalue weighted by molar-refractivity contribution is 7.89. The van der Waals surface area contributed by atoms with Gasteiger partial charge in [-0.2, -0.15) is 0 Å². The molecule has 0 aliphatic heterocycles. The maximum absolute atomic E-state index is 12.8. The Bertz CT molecular complexity index is 1070. The van der Waals surface area contributed by atoms with Crippen LogP contribution in [0.1, 0.15) is 10.4 Å². The van der Waals surface area contributed by atoms with Gasteiger partial charge >= 0.3 is 0 Å². The Kier molecular flexibility index (Phi) is 5.50. The van der Waals surface area contributed by atoms with Crippen molar-refractivity contribution in [2.45, 2.75) is 4.90 Å². The summed E-state index contributed by atoms with van der Waals surface area (Å²) in [4.78, 5) is 20.2. The van der Waals surface area contributed by atoms with E-state index in [2.05, 4.69) is 15.4 Å². The molecular weight excluding hydrogens is 388 g/mol. The van der Waals surface area contributed by atoms with Crippen LogP contribution in [0, 0.1) is 0 Å². The average Bonchev–Trinajstić information content (AvgIpc) is 2.69. The van der Waals surface area contributed by atoms with Crippen LogP contribution >= 0.6 is 11.6 Å². The fourth-order valence-corrected chi connectivity index (χ4v) is 3.54. The first kappa shape index (κ1) is 19.0. The smallest absolute Gasteiger partial charge is 0.267 e. The molecule has 3 rings (SSSR count). The number of hydrogen-bond donors (Lipinski definition) is 1. The van der Waals surface area contributed by atoms with Crippen LogP contribution in [0.4, 0.5) is 0 Å². The molecule has 9 heteroatoms. The summed E-state index contributed by atoms with van der Waals surface area (Å²) in [6.07, 6.45) is 5.98. The maximum atomic E-state index is 12.8. The molecule has 0 atom stereocenters. The van der Waals surface area contributed by atoms with Crippen molar-refractivity contribution < 1.29 is 13.2 Å². The standard InChI is InChI=1S/C18H15ClN4O3S/c1-23(22-18(24)16-4-2-3-5-17(16)19)27(25,26)15-10-14(11-21-12-15)13-6-8-20-9-7-13/h2-12H,1H3,(H,22,24). The molecule has 1 amide bonds. The number of hydrazine groups is 1. The van der Waals surface area contributed by atoms with Crippen LogP contribution in [0.3, 0.4) is 0 Å². The summed E-state index contributed by atoms with van der Waals surface area (Å²) < 4.78 is 26.3. The van der Waals surface area contributed by atoms with Crippen molar-refractivity contribution in [3.05, 3.63) is 77.8 Å². The molecule has 1 aromatic carbocycles. The Balaban J connectivity index is 1.86. The molecule has 0 spiro atoms. The van der Waals surface area contributed by atoms with E-state index in [9.17, 15) is 13.2 Å². The van der Waals surface area contributed by atoms with E-state index in [1.165, 1.54) is 25.4 Å². The first-order chi connectivity index (χ1) is 12.9. The van der Waals surface area contributed by atoms with Crippen molar-refractivity contribution in [1.29, 1.82) is 0 Å². The van der Waals surface area contributed by atoms with Crippen molar-refractivity contribution in [3.8, 4) is 11.1 Å². The molecule has 0 radical (unpaired) electrons. The van der Waals surface area contributed by atoms with E-state index in [1.807, 2.05) is 0 Å². The number of halogens is 1. The Morgan fingerprint density at radius 3 is 2.44 bits per heavy atom. The summed E-state index contributed by atoms with van der Waals surface area (Å²) in [6, 6.07) is 11.3. The van der Waals surface area contributed by atoms with Gasteiger partial charge in [-0.3, -0.25) is 20.2 Å². The molecule has 1 N–H and O–H groups in total. The van der Waals surface area contributed by atoms with Gasteiger partial charge in [0.2, 0.25) is 0 Å². The fourth-order valence-electron chi connectivity index (χ4n) is 2.33. The van der Waals surface area contributed by atoms with Gasteiger partial charge in [-0.15, -0.1) is 4.41 Å². The Hall–Kier alpha value is -2.81. The number of benzene rings is 1. The molecule has 0 aliphatic carbocycles. The second kappa shape index (κ2) is 7.83. The van der Waals surface area contributed by atoms with Crippen molar-refractivity contribution in [2.75, 3.05) is 7.05 Å². The lowest BCUT2D eigenvalue weighted by Gasteiger charge is -2.18. The van der Waals surface area contributed by atoms with Crippen molar-refractivity contribution in [2.24, 2.45) is 0 Å². The lowest BCUT2D eigenvalue weighted by atomic mass is 10.1. The van der Waals surface area contributed by atoms with Gasteiger partial charge in [0.25, 0.3) is 15.9 Å². The molecule has 0 bridgehead atoms. The lowest BCUT2D eigenvalue weighted by molar-refractivity contribution is 0.0893. The van der Waals surface area contributed by atoms with Gasteiger partial charge in [0, 0.05) is 37.4 Å². The minimum absolute atomic E-state index is 0.0567. The van der Waals surface area contributed by atoms with E-state index in [4.69, 9.17) is 11.6 Å². The maximum Gasteiger partial charge on any atom is 0.267 e. The summed E-state index contributed by atoms with van der Waals surface area (Å²) in [7, 11) is -2.77. The third-order valence-corrected chi connectivity index (χ3v) is 5.72. The first-order valence-corrected chi connectivity index (χ1v) is 9.61. The highest BCUT2D eigenvalue weighted by atomic mass is 35.5. The molecule has 2 heterocycles. The molecule has 138 valence electrons. The van der Waals surface area contributed by atoms with Crippen LogP contribution in [0.2, 0.25) is 5.02 Å². The number of rotatable bonds is 5. The molecule has 0 saturated carbocycles. The quantitative estimate of drug-likeness (QED) is 0.662. The van der Waals surface area contributed by atoms with E-state index in [-0.39, 0.29) is 15.5 Å². The van der Waals surface area contributed by atoms with Crippen LogP contribution < -0.4 is 5.43 Å². The number of nitrogens with zero attached hydrogens (tertiary/aromatic N) is 3. The second-order valence-corrected chi connectivity index (χ2v) is 7.91. The predicted octanol–water partition coefficient (Wildman–Crippen LogP) is 2.76. The van der Waals surface area contributed by atoms with E-state index in [0.717, 1.165) is 9.98 Å². The molecule has 27 heavy (non-hydrogen) atoms. The number of carbonyl (C=O) groups excluding carboxylic acids is 1. The molecule has 0 aliphatic rings. The highest BCUT2D eigenvalue weighted by Gasteiger charge is 2.24. The molecule has 0 saturated heterocycles. The minimum Gasteiger partial charge on any atom is -0.271 e. The highest BCUT2D eigenvalue weighted by Crippen LogP contribution is 2.22. The summed E-state index contributed by atoms with van der Waals surface area (Å²) in [6.45, 7) is 0. The second-order valence-electron chi connectivity index (χ2n) is 5.54. The van der Waals surface area contributed by atoms with Gasteiger partial charge < -0.3 is 0 Å². The zero-order valence-electron chi connectivity index (χ0n) is 14.2. The third-order valence-electron chi connectivity index (χ3n) is 3.76. The van der Waals surface area contributed by atoms with E-state index >= 15 is 0 Å². The number of nitrogens with one attached hydrogen (secondary N) is 1. The van der Waals surface area contributed by atoms with E-state index < -0.39 is 15.9 Å². The molecule has 0 unspecified atom stereocenters. The van der Waals surface area contributed by atoms with Gasteiger partial charge in [-0.25, -0.2) is 8.42 Å². The van der Waals surface area contributed by atoms with Crippen molar-refractivity contribution in [3.63, 3.8) is 0 Å². The number of carbonyl (C=O) groups is 1. The van der Waals surface area contributed by atoms with Crippen molar-refractivity contribution >= 4 is 27.5 Å². The van der Waals surface area contributed by atoms with Gasteiger partial charge in [0.1, 0.15) is 4.90 Å². The molecule has 0 fully saturated rings. The number of sulfonamides is 1. The number of pyridine rings is 2. The average molecular weight is 403 g/mol. The third kappa shape index (κ3) is 4.13. The SMILES string of the molecule is CN(NC(=O)c1ccccc1Cl)S(=O)(=O)c1cncc(-c2ccncc2)c1. The van der Waals surface area contributed by atoms with Gasteiger partial charge in [-0.05, 0) is 35.9 Å². The molecule has 3 aromatic rings. The normalized spacial score (nSPS) is 11.4. The first-order valence-electron chi connectivity index (χ1n) is 7.79. The predicted molar refractivity (Wildman–Crippen MR) is 101 cm³/mol. The van der Waals surface area contributed by atoms with Gasteiger partial charge in [0.15, 0.2) is 0 Å². The fraction of sp³-hybridized carbons (Fsp3) is 0.0556. The minimum atomic E-state index is -4.01. The van der Waals surface area contributed by atoms with Gasteiger partial charge in [0.05, 0.1) is 10.6 Å². The summed E-state index contributed by atoms with van der Waals surface area (Å²) in [5, 5.41) is 0.224. The Labute approximate surface area is 161 Å². The van der Waals surface area contributed by atoms with Crippen LogP contribution in [0.15, 0.2) is 72.1 Å². The van der Waals surface area contributed by atoms with Crippen LogP contribution in [0.5, 0.6) is 0 Å². The molecule has 7 nitrogen and oxygen atoms in total. The zero-order chi connectivity index (χ0) is 19.4. The zero-order valence-corrected chi connectivity index (χ0v) is 15.8. The summed E-state index contributed by atoms with van der Waals surface area (Å²) >= 11 is 5.98. The number of hydrogen-bond acceptors (Lipinski definition) is 5. The van der Waals surface area contributed by atoms with E-state index in [1.54, 1.807) is 48.9 Å². The van der Waals surface area contributed by atoms with Crippen LogP contribution in [-0.2, 0) is 10.0 Å². The molecule has 2 aromatic heterocycles. The Morgan fingerprint density at radius 2 is 1.74 bits per heavy atom. The largest absolute Gasteiger partial charge is 0.271 e. The van der Waals surface area contributed by atoms with E-state index in [0.29, 0.717) is 5.56 Å². The Morgan fingerprint density at radius 1 is 1.04 bits per heavy atom. The topological polar surface area (TPSA) is 92.3 Å². The van der Waals surface area contributed by atoms with Crippen LogP contribution in [0.25, 0.3) is 11.1 Å². The number of amides is 1. The summed E-state index contributed by atoms with van der Waals surface area (Å²) in [5.41, 5.74) is 3.88. The number of aromatic nitrogens is 2. The van der Waals surface area contributed by atoms with Gasteiger partial charge in [-0.1, -0.05) is 23.7 Å². The monoisotopic (exact) mass is 402 g/mol. The summed E-state index contributed by atoms with van der Waals surface area (Å²) in [5.74, 6) is -0.634. The molecular formula is C18H15ClN4O3S. The lowest BCUT2D eigenvalue weighted by Crippen LogP contribution is -2.43.